The lowest BCUT2D eigenvalue weighted by atomic mass is 10.3. The van der Waals surface area contributed by atoms with Gasteiger partial charge in [0.15, 0.2) is 0 Å². The molecule has 8 heteroatoms. The largest absolute Gasteiger partial charge is 0.481 e. The molecule has 0 saturated carbocycles. The van der Waals surface area contributed by atoms with Crippen LogP contribution < -0.4 is 4.72 Å². The van der Waals surface area contributed by atoms with E-state index in [0.29, 0.717) is 10.6 Å². The van der Waals surface area contributed by atoms with Gasteiger partial charge in [-0.2, -0.15) is 11.8 Å². The molecule has 0 saturated heterocycles. The lowest BCUT2D eigenvalue weighted by Crippen LogP contribution is -2.33. The number of thioether (sulfide) groups is 1. The highest BCUT2D eigenvalue weighted by Crippen LogP contribution is 2.22. The van der Waals surface area contributed by atoms with Gasteiger partial charge < -0.3 is 5.11 Å². The Balaban J connectivity index is 2.79. The van der Waals surface area contributed by atoms with E-state index in [4.69, 9.17) is 5.11 Å². The van der Waals surface area contributed by atoms with E-state index in [1.165, 1.54) is 12.1 Å². The summed E-state index contributed by atoms with van der Waals surface area (Å²) in [6, 6.07) is 2.82. The van der Waals surface area contributed by atoms with E-state index in [9.17, 15) is 13.2 Å². The van der Waals surface area contributed by atoms with Crippen molar-refractivity contribution in [2.45, 2.75) is 23.6 Å². The summed E-state index contributed by atoms with van der Waals surface area (Å²) in [5, 5.41) is 8.63. The molecule has 102 valence electrons. The highest BCUT2D eigenvalue weighted by atomic mass is 32.2. The van der Waals surface area contributed by atoms with Crippen LogP contribution in [0.1, 0.15) is 11.8 Å². The summed E-state index contributed by atoms with van der Waals surface area (Å²) in [6.07, 6.45) is 1.75. The minimum absolute atomic E-state index is 0.152. The Bertz CT molecular complexity index is 509. The summed E-state index contributed by atoms with van der Waals surface area (Å²) in [6.45, 7) is 1.79. The highest BCUT2D eigenvalue weighted by molar-refractivity contribution is 7.98. The van der Waals surface area contributed by atoms with E-state index in [1.54, 1.807) is 18.7 Å². The monoisotopic (exact) mass is 309 g/mol. The van der Waals surface area contributed by atoms with Crippen LogP contribution in [-0.2, 0) is 21.2 Å². The fourth-order valence-corrected chi connectivity index (χ4v) is 4.65. The van der Waals surface area contributed by atoms with Crippen LogP contribution in [0.5, 0.6) is 0 Å². The molecule has 0 fully saturated rings. The quantitative estimate of drug-likeness (QED) is 0.795. The van der Waals surface area contributed by atoms with E-state index in [2.05, 4.69) is 4.72 Å². The fourth-order valence-electron chi connectivity index (χ4n) is 1.35. The third kappa shape index (κ3) is 4.60. The molecule has 0 aliphatic rings. The Hall–Kier alpha value is -0.570. The molecule has 0 aliphatic heterocycles. The van der Waals surface area contributed by atoms with Crippen LogP contribution in [-0.4, -0.2) is 37.5 Å². The molecular formula is C10H15NO4S3. The lowest BCUT2D eigenvalue weighted by molar-refractivity contribution is -0.136. The van der Waals surface area contributed by atoms with Gasteiger partial charge in [0.2, 0.25) is 10.0 Å². The first-order valence-corrected chi connectivity index (χ1v) is 8.86. The zero-order valence-electron chi connectivity index (χ0n) is 10.0. The van der Waals surface area contributed by atoms with E-state index >= 15 is 0 Å². The molecule has 5 nitrogen and oxygen atoms in total. The van der Waals surface area contributed by atoms with Gasteiger partial charge >= 0.3 is 5.97 Å². The first-order valence-electron chi connectivity index (χ1n) is 5.17. The molecule has 1 rings (SSSR count). The molecule has 1 atom stereocenters. The van der Waals surface area contributed by atoms with Gasteiger partial charge in [0.25, 0.3) is 0 Å². The topological polar surface area (TPSA) is 83.5 Å². The molecule has 0 aliphatic carbocycles. The van der Waals surface area contributed by atoms with Crippen LogP contribution in [0, 0.1) is 0 Å². The number of aliphatic carboxylic acids is 1. The van der Waals surface area contributed by atoms with Gasteiger partial charge in [0.05, 0.1) is 6.42 Å². The normalized spacial score (nSPS) is 13.4. The van der Waals surface area contributed by atoms with E-state index in [0.717, 1.165) is 11.3 Å². The number of hydrogen-bond acceptors (Lipinski definition) is 5. The summed E-state index contributed by atoms with van der Waals surface area (Å²) in [7, 11) is -3.53. The smallest absolute Gasteiger partial charge is 0.308 e. The second kappa shape index (κ2) is 6.55. The molecule has 0 radical (unpaired) electrons. The Morgan fingerprint density at radius 1 is 1.56 bits per heavy atom. The molecular weight excluding hydrogens is 294 g/mol. The van der Waals surface area contributed by atoms with Crippen molar-refractivity contribution in [1.29, 1.82) is 0 Å². The van der Waals surface area contributed by atoms with Crippen LogP contribution in [0.4, 0.5) is 0 Å². The minimum Gasteiger partial charge on any atom is -0.481 e. The van der Waals surface area contributed by atoms with Crippen molar-refractivity contribution in [1.82, 2.24) is 4.72 Å². The maximum Gasteiger partial charge on any atom is 0.308 e. The average molecular weight is 309 g/mol. The predicted octanol–water partition coefficient (Wildman–Crippen LogP) is 1.41. The molecule has 1 aromatic rings. The molecule has 0 spiro atoms. The summed E-state index contributed by atoms with van der Waals surface area (Å²) in [5.41, 5.74) is 0. The predicted molar refractivity (Wildman–Crippen MR) is 73.8 cm³/mol. The molecule has 0 aromatic carbocycles. The van der Waals surface area contributed by atoms with Crippen LogP contribution in [0.3, 0.4) is 0 Å². The van der Waals surface area contributed by atoms with Crippen molar-refractivity contribution >= 4 is 39.1 Å². The standard InChI is InChI=1S/C10H15NO4S3/c1-7(6-16-2)11-18(14,15)10-4-3-8(17-10)5-9(12)13/h3-4,7,11H,5-6H2,1-2H3,(H,12,13). The van der Waals surface area contributed by atoms with Gasteiger partial charge in [-0.25, -0.2) is 13.1 Å². The number of carboxylic acids is 1. The number of rotatable bonds is 7. The molecule has 1 heterocycles. The third-order valence-corrected chi connectivity index (χ3v) is 6.00. The zero-order chi connectivity index (χ0) is 13.8. The van der Waals surface area contributed by atoms with Gasteiger partial charge in [-0.3, -0.25) is 4.79 Å². The first kappa shape index (κ1) is 15.5. The van der Waals surface area contributed by atoms with Gasteiger partial charge in [-0.05, 0) is 25.3 Å². The van der Waals surface area contributed by atoms with E-state index < -0.39 is 16.0 Å². The Kier molecular flexibility index (Phi) is 5.64. The van der Waals surface area contributed by atoms with Crippen molar-refractivity contribution in [2.24, 2.45) is 0 Å². The van der Waals surface area contributed by atoms with E-state index in [1.807, 2.05) is 6.26 Å². The van der Waals surface area contributed by atoms with Gasteiger partial charge in [-0.15, -0.1) is 11.3 Å². The molecule has 2 N–H and O–H groups in total. The number of nitrogens with one attached hydrogen (secondary N) is 1. The summed E-state index contributed by atoms with van der Waals surface area (Å²) < 4.78 is 26.6. The maximum atomic E-state index is 12.0. The molecule has 18 heavy (non-hydrogen) atoms. The number of thiophene rings is 1. The third-order valence-electron chi connectivity index (χ3n) is 2.00. The second-order valence-corrected chi connectivity index (χ2v) is 7.79. The fraction of sp³-hybridized carbons (Fsp3) is 0.500. The van der Waals surface area contributed by atoms with Crippen molar-refractivity contribution in [2.75, 3.05) is 12.0 Å². The van der Waals surface area contributed by atoms with Crippen LogP contribution >= 0.6 is 23.1 Å². The van der Waals surface area contributed by atoms with Crippen LogP contribution in [0.15, 0.2) is 16.3 Å². The van der Waals surface area contributed by atoms with Crippen molar-refractivity contribution in [3.05, 3.63) is 17.0 Å². The summed E-state index contributed by atoms with van der Waals surface area (Å²) in [4.78, 5) is 11.1. The van der Waals surface area contributed by atoms with Gasteiger partial charge in [0.1, 0.15) is 4.21 Å². The molecule has 1 aromatic heterocycles. The SMILES string of the molecule is CSCC(C)NS(=O)(=O)c1ccc(CC(=O)O)s1. The molecule has 0 bridgehead atoms. The minimum atomic E-state index is -3.53. The van der Waals surface area contributed by atoms with Crippen molar-refractivity contribution in [3.63, 3.8) is 0 Å². The Morgan fingerprint density at radius 3 is 2.78 bits per heavy atom. The maximum absolute atomic E-state index is 12.0. The number of hydrogen-bond donors (Lipinski definition) is 2. The average Bonchev–Trinajstić information content (AvgIpc) is 2.65. The summed E-state index contributed by atoms with van der Waals surface area (Å²) in [5.74, 6) is -0.281. The van der Waals surface area contributed by atoms with E-state index in [-0.39, 0.29) is 16.7 Å². The Labute approximate surface area is 115 Å². The Morgan fingerprint density at radius 2 is 2.22 bits per heavy atom. The number of carbonyl (C=O) groups is 1. The van der Waals surface area contributed by atoms with Crippen LogP contribution in [0.25, 0.3) is 0 Å². The van der Waals surface area contributed by atoms with Crippen molar-refractivity contribution < 1.29 is 18.3 Å². The number of sulfonamides is 1. The van der Waals surface area contributed by atoms with Crippen LogP contribution in [0.2, 0.25) is 0 Å². The van der Waals surface area contributed by atoms with Gasteiger partial charge in [-0.1, -0.05) is 0 Å². The zero-order valence-corrected chi connectivity index (χ0v) is 12.5. The molecule has 0 amide bonds. The van der Waals surface area contributed by atoms with Crippen molar-refractivity contribution in [3.8, 4) is 0 Å². The first-order chi connectivity index (χ1) is 8.35. The highest BCUT2D eigenvalue weighted by Gasteiger charge is 2.19. The van der Waals surface area contributed by atoms with Gasteiger partial charge in [0, 0.05) is 16.7 Å². The number of carboxylic acid groups (broad SMARTS) is 1. The molecule has 1 unspecified atom stereocenters. The lowest BCUT2D eigenvalue weighted by Gasteiger charge is -2.11. The summed E-state index contributed by atoms with van der Waals surface area (Å²) >= 11 is 2.55. The second-order valence-electron chi connectivity index (χ2n) is 3.77.